The van der Waals surface area contributed by atoms with E-state index in [1.807, 2.05) is 0 Å². The molecule has 7 heteroatoms. The van der Waals surface area contributed by atoms with Gasteiger partial charge in [0.25, 0.3) is 5.76 Å². The summed E-state index contributed by atoms with van der Waals surface area (Å²) < 4.78 is 42.2. The Morgan fingerprint density at radius 2 is 1.88 bits per heavy atom. The lowest BCUT2D eigenvalue weighted by atomic mass is 10.1. The number of alkyl halides is 3. The highest BCUT2D eigenvalue weighted by Crippen LogP contribution is 2.42. The molecule has 0 aliphatic carbocycles. The first-order valence-electron chi connectivity index (χ1n) is 4.48. The van der Waals surface area contributed by atoms with Crippen LogP contribution in [0.1, 0.15) is 5.76 Å². The van der Waals surface area contributed by atoms with Crippen molar-refractivity contribution in [3.8, 4) is 11.1 Å². The van der Waals surface area contributed by atoms with Crippen LogP contribution in [0.15, 0.2) is 28.8 Å². The molecule has 0 radical (unpaired) electrons. The SMILES string of the molecule is Nc1noc(C(F)(F)F)c1-c1ccccc1Cl. The Hall–Kier alpha value is -1.69. The van der Waals surface area contributed by atoms with Gasteiger partial charge in [-0.25, -0.2) is 0 Å². The Bertz CT molecular complexity index is 551. The Balaban J connectivity index is 2.68. The summed E-state index contributed by atoms with van der Waals surface area (Å²) in [6.07, 6.45) is -4.67. The molecule has 1 aromatic carbocycles. The molecule has 0 saturated carbocycles. The third kappa shape index (κ3) is 2.08. The van der Waals surface area contributed by atoms with E-state index in [1.54, 1.807) is 12.1 Å². The maximum absolute atomic E-state index is 12.6. The fraction of sp³-hybridized carbons (Fsp3) is 0.100. The van der Waals surface area contributed by atoms with Gasteiger partial charge in [-0.1, -0.05) is 35.0 Å². The normalized spacial score (nSPS) is 11.8. The minimum absolute atomic E-state index is 0.139. The monoisotopic (exact) mass is 262 g/mol. The van der Waals surface area contributed by atoms with E-state index < -0.39 is 11.9 Å². The van der Waals surface area contributed by atoms with Crippen LogP contribution < -0.4 is 5.73 Å². The van der Waals surface area contributed by atoms with Gasteiger partial charge in [0.05, 0.1) is 5.56 Å². The zero-order chi connectivity index (χ0) is 12.6. The average molecular weight is 263 g/mol. The van der Waals surface area contributed by atoms with Gasteiger partial charge in [-0.05, 0) is 6.07 Å². The highest BCUT2D eigenvalue weighted by atomic mass is 35.5. The second-order valence-corrected chi connectivity index (χ2v) is 3.66. The van der Waals surface area contributed by atoms with Crippen molar-refractivity contribution in [3.63, 3.8) is 0 Å². The largest absolute Gasteiger partial charge is 0.453 e. The first-order valence-corrected chi connectivity index (χ1v) is 4.86. The smallest absolute Gasteiger partial charge is 0.380 e. The van der Waals surface area contributed by atoms with Crippen molar-refractivity contribution in [1.29, 1.82) is 0 Å². The van der Waals surface area contributed by atoms with Gasteiger partial charge >= 0.3 is 6.18 Å². The van der Waals surface area contributed by atoms with Crippen LogP contribution in [0.4, 0.5) is 19.0 Å². The van der Waals surface area contributed by atoms with Gasteiger partial charge in [-0.3, -0.25) is 0 Å². The van der Waals surface area contributed by atoms with Crippen molar-refractivity contribution in [2.75, 3.05) is 5.73 Å². The van der Waals surface area contributed by atoms with Crippen molar-refractivity contribution in [3.05, 3.63) is 35.0 Å². The van der Waals surface area contributed by atoms with E-state index in [0.717, 1.165) is 0 Å². The molecule has 2 rings (SSSR count). The zero-order valence-electron chi connectivity index (χ0n) is 8.25. The lowest BCUT2D eigenvalue weighted by Gasteiger charge is -2.06. The van der Waals surface area contributed by atoms with Crippen LogP contribution >= 0.6 is 11.6 Å². The van der Waals surface area contributed by atoms with Crippen molar-refractivity contribution in [1.82, 2.24) is 5.16 Å². The van der Waals surface area contributed by atoms with Gasteiger partial charge < -0.3 is 10.3 Å². The van der Waals surface area contributed by atoms with E-state index >= 15 is 0 Å². The molecule has 17 heavy (non-hydrogen) atoms. The molecule has 0 unspecified atom stereocenters. The van der Waals surface area contributed by atoms with E-state index in [1.165, 1.54) is 12.1 Å². The molecule has 2 N–H and O–H groups in total. The summed E-state index contributed by atoms with van der Waals surface area (Å²) in [5.41, 5.74) is 5.18. The predicted octanol–water partition coefficient (Wildman–Crippen LogP) is 3.60. The highest BCUT2D eigenvalue weighted by molar-refractivity contribution is 6.33. The number of nitrogens with two attached hydrogens (primary N) is 1. The van der Waals surface area contributed by atoms with Crippen molar-refractivity contribution in [2.45, 2.75) is 6.18 Å². The van der Waals surface area contributed by atoms with Crippen molar-refractivity contribution in [2.24, 2.45) is 0 Å². The van der Waals surface area contributed by atoms with Crippen LogP contribution in [0, 0.1) is 0 Å². The maximum Gasteiger partial charge on any atom is 0.453 e. The second kappa shape index (κ2) is 3.96. The summed E-state index contributed by atoms with van der Waals surface area (Å²) in [5, 5.41) is 3.27. The summed E-state index contributed by atoms with van der Waals surface area (Å²) in [4.78, 5) is 0. The number of anilines is 1. The Kier molecular flexibility index (Phi) is 2.74. The molecule has 0 bridgehead atoms. The summed E-state index contributed by atoms with van der Waals surface area (Å²) in [6, 6.07) is 6.03. The lowest BCUT2D eigenvalue weighted by Crippen LogP contribution is -2.05. The number of hydrogen-bond acceptors (Lipinski definition) is 3. The third-order valence-electron chi connectivity index (χ3n) is 2.12. The number of nitrogens with zero attached hydrogens (tertiary/aromatic N) is 1. The molecule has 0 amide bonds. The van der Waals surface area contributed by atoms with E-state index in [4.69, 9.17) is 17.3 Å². The molecule has 0 aliphatic rings. The van der Waals surface area contributed by atoms with Gasteiger partial charge in [0.15, 0.2) is 5.82 Å². The summed E-state index contributed by atoms with van der Waals surface area (Å²) >= 11 is 5.82. The average Bonchev–Trinajstić information content (AvgIpc) is 2.60. The lowest BCUT2D eigenvalue weighted by molar-refractivity contribution is -0.154. The molecular formula is C10H6ClF3N2O. The molecule has 0 spiro atoms. The van der Waals surface area contributed by atoms with Gasteiger partial charge in [-0.15, -0.1) is 0 Å². The van der Waals surface area contributed by atoms with Crippen molar-refractivity contribution >= 4 is 17.4 Å². The van der Waals surface area contributed by atoms with Crippen LogP contribution in [0.2, 0.25) is 5.02 Å². The molecule has 0 saturated heterocycles. The molecule has 0 aliphatic heterocycles. The number of rotatable bonds is 1. The Morgan fingerprint density at radius 1 is 1.24 bits per heavy atom. The minimum Gasteiger partial charge on any atom is -0.380 e. The van der Waals surface area contributed by atoms with E-state index in [9.17, 15) is 13.2 Å². The van der Waals surface area contributed by atoms with Gasteiger partial charge in [-0.2, -0.15) is 13.2 Å². The Labute approximate surface area is 99.0 Å². The van der Waals surface area contributed by atoms with Crippen LogP contribution in [-0.4, -0.2) is 5.16 Å². The quantitative estimate of drug-likeness (QED) is 0.854. The second-order valence-electron chi connectivity index (χ2n) is 3.25. The standard InChI is InChI=1S/C10H6ClF3N2O/c11-6-4-2-1-3-5(6)7-8(10(12,13)14)17-16-9(7)15/h1-4H,(H2,15,16). The third-order valence-corrected chi connectivity index (χ3v) is 2.45. The fourth-order valence-electron chi connectivity index (χ4n) is 1.42. The molecule has 90 valence electrons. The predicted molar refractivity (Wildman–Crippen MR) is 56.4 cm³/mol. The summed E-state index contributed by atoms with van der Waals surface area (Å²) in [6.45, 7) is 0. The van der Waals surface area contributed by atoms with Crippen LogP contribution in [0.5, 0.6) is 0 Å². The number of halogens is 4. The van der Waals surface area contributed by atoms with Crippen molar-refractivity contribution < 1.29 is 17.7 Å². The molecular weight excluding hydrogens is 257 g/mol. The van der Waals surface area contributed by atoms with Gasteiger partial charge in [0.2, 0.25) is 0 Å². The maximum atomic E-state index is 12.6. The molecule has 1 aromatic heterocycles. The zero-order valence-corrected chi connectivity index (χ0v) is 9.01. The topological polar surface area (TPSA) is 52.0 Å². The number of aromatic nitrogens is 1. The molecule has 2 aromatic rings. The number of hydrogen-bond donors (Lipinski definition) is 1. The van der Waals surface area contributed by atoms with Crippen LogP contribution in [0.25, 0.3) is 11.1 Å². The molecule has 3 nitrogen and oxygen atoms in total. The van der Waals surface area contributed by atoms with E-state index in [0.29, 0.717) is 0 Å². The number of benzene rings is 1. The minimum atomic E-state index is -4.67. The molecule has 0 atom stereocenters. The van der Waals surface area contributed by atoms with E-state index in [-0.39, 0.29) is 22.0 Å². The van der Waals surface area contributed by atoms with Crippen LogP contribution in [-0.2, 0) is 6.18 Å². The summed E-state index contributed by atoms with van der Waals surface area (Å²) in [5.74, 6) is -1.59. The number of nitrogen functional groups attached to an aromatic ring is 1. The first kappa shape index (κ1) is 11.8. The fourth-order valence-corrected chi connectivity index (χ4v) is 1.65. The summed E-state index contributed by atoms with van der Waals surface area (Å²) in [7, 11) is 0. The molecule has 1 heterocycles. The highest BCUT2D eigenvalue weighted by Gasteiger charge is 2.40. The van der Waals surface area contributed by atoms with Gasteiger partial charge in [0.1, 0.15) is 0 Å². The first-order chi connectivity index (χ1) is 7.91. The van der Waals surface area contributed by atoms with E-state index in [2.05, 4.69) is 9.68 Å². The Morgan fingerprint density at radius 3 is 2.47 bits per heavy atom. The molecule has 0 fully saturated rings. The van der Waals surface area contributed by atoms with Gasteiger partial charge in [0, 0.05) is 10.6 Å². The van der Waals surface area contributed by atoms with Crippen LogP contribution in [0.3, 0.4) is 0 Å².